The molecule has 1 aromatic heterocycles. The molecule has 16 heavy (non-hydrogen) atoms. The highest BCUT2D eigenvalue weighted by atomic mass is 32.2. The van der Waals surface area contributed by atoms with Gasteiger partial charge in [-0.3, -0.25) is 16.3 Å². The molecule has 1 atom stereocenters. The van der Waals surface area contributed by atoms with E-state index in [2.05, 4.69) is 10.4 Å². The quantitative estimate of drug-likeness (QED) is 0.563. The predicted octanol–water partition coefficient (Wildman–Crippen LogP) is 0.862. The van der Waals surface area contributed by atoms with Gasteiger partial charge in [0.15, 0.2) is 0 Å². The van der Waals surface area contributed by atoms with E-state index in [-0.39, 0.29) is 17.5 Å². The van der Waals surface area contributed by atoms with Crippen LogP contribution in [-0.2, 0) is 9.84 Å². The zero-order valence-corrected chi connectivity index (χ0v) is 10.9. The van der Waals surface area contributed by atoms with E-state index >= 15 is 0 Å². The second-order valence-corrected chi connectivity index (χ2v) is 6.89. The fourth-order valence-corrected chi connectivity index (χ4v) is 2.97. The van der Waals surface area contributed by atoms with Crippen molar-refractivity contribution in [2.24, 2.45) is 5.84 Å². The fraction of sp³-hybridized carbons (Fsp3) is 0.667. The number of nitrogens with two attached hydrogens (primary N) is 1. The summed E-state index contributed by atoms with van der Waals surface area (Å²) in [5, 5.41) is 0. The third kappa shape index (κ3) is 4.17. The van der Waals surface area contributed by atoms with Crippen LogP contribution in [0.1, 0.15) is 30.7 Å². The summed E-state index contributed by atoms with van der Waals surface area (Å²) < 4.78 is 22.6. The molecule has 0 aliphatic rings. The number of nitrogens with one attached hydrogen (secondary N) is 1. The summed E-state index contributed by atoms with van der Waals surface area (Å²) in [7, 11) is -2.87. The molecule has 1 unspecified atom stereocenters. The summed E-state index contributed by atoms with van der Waals surface area (Å²) >= 11 is 1.52. The van der Waals surface area contributed by atoms with E-state index in [1.807, 2.05) is 0 Å². The maximum absolute atomic E-state index is 11.3. The Kier molecular flexibility index (Phi) is 5.33. The van der Waals surface area contributed by atoms with Crippen LogP contribution in [0.5, 0.6) is 0 Å². The maximum atomic E-state index is 11.3. The van der Waals surface area contributed by atoms with E-state index in [1.165, 1.54) is 11.3 Å². The van der Waals surface area contributed by atoms with Gasteiger partial charge < -0.3 is 0 Å². The van der Waals surface area contributed by atoms with Crippen LogP contribution in [0.4, 0.5) is 0 Å². The van der Waals surface area contributed by atoms with Crippen molar-refractivity contribution in [3.05, 3.63) is 16.6 Å². The summed E-state index contributed by atoms with van der Waals surface area (Å²) in [5.41, 5.74) is 4.42. The van der Waals surface area contributed by atoms with Crippen LogP contribution in [0.2, 0.25) is 0 Å². The number of aromatic nitrogens is 1. The zero-order valence-electron chi connectivity index (χ0n) is 9.22. The predicted molar refractivity (Wildman–Crippen MR) is 65.7 cm³/mol. The van der Waals surface area contributed by atoms with Crippen molar-refractivity contribution in [1.82, 2.24) is 10.4 Å². The largest absolute Gasteiger partial charge is 0.271 e. The summed E-state index contributed by atoms with van der Waals surface area (Å²) in [6, 6.07) is -0.000411. The number of hydrogen-bond donors (Lipinski definition) is 2. The Balaban J connectivity index is 2.42. The Morgan fingerprint density at radius 3 is 2.88 bits per heavy atom. The van der Waals surface area contributed by atoms with Crippen LogP contribution >= 0.6 is 11.3 Å². The van der Waals surface area contributed by atoms with Gasteiger partial charge in [-0.15, -0.1) is 11.3 Å². The van der Waals surface area contributed by atoms with Gasteiger partial charge in [-0.2, -0.15) is 0 Å². The Hall–Kier alpha value is -0.500. The number of nitrogens with zero attached hydrogens (tertiary/aromatic N) is 1. The van der Waals surface area contributed by atoms with Crippen LogP contribution in [-0.4, -0.2) is 24.9 Å². The molecule has 0 aromatic carbocycles. The van der Waals surface area contributed by atoms with E-state index in [1.54, 1.807) is 18.6 Å². The summed E-state index contributed by atoms with van der Waals surface area (Å²) in [5.74, 6) is 5.85. The molecule has 0 aliphatic carbocycles. The van der Waals surface area contributed by atoms with Crippen molar-refractivity contribution in [3.63, 3.8) is 0 Å². The molecule has 3 N–H and O–H groups in total. The van der Waals surface area contributed by atoms with Crippen LogP contribution in [0.15, 0.2) is 11.7 Å². The number of hydrazine groups is 1. The normalized spacial score (nSPS) is 13.9. The van der Waals surface area contributed by atoms with Crippen molar-refractivity contribution in [2.75, 3.05) is 11.5 Å². The van der Waals surface area contributed by atoms with Gasteiger partial charge in [-0.05, 0) is 12.8 Å². The Labute approximate surface area is 100.0 Å². The summed E-state index contributed by atoms with van der Waals surface area (Å²) in [6.45, 7) is 1.66. The van der Waals surface area contributed by atoms with Gasteiger partial charge in [-0.1, -0.05) is 6.92 Å². The molecule has 92 valence electrons. The lowest BCUT2D eigenvalue weighted by Gasteiger charge is -2.13. The molecular formula is C9H17N3O2S2. The molecule has 1 heterocycles. The standard InChI is InChI=1S/C9H17N3O2S2/c1-2-16(13,14)5-3-4-8(12-10)9-6-11-7-15-9/h6-8,12H,2-5,10H2,1H3. The second-order valence-electron chi connectivity index (χ2n) is 3.50. The van der Waals surface area contributed by atoms with Crippen molar-refractivity contribution < 1.29 is 8.42 Å². The van der Waals surface area contributed by atoms with Crippen molar-refractivity contribution in [2.45, 2.75) is 25.8 Å². The first-order chi connectivity index (χ1) is 7.59. The molecule has 7 heteroatoms. The highest BCUT2D eigenvalue weighted by Gasteiger charge is 2.13. The topological polar surface area (TPSA) is 85.1 Å². The molecule has 0 aliphatic heterocycles. The molecule has 1 rings (SSSR count). The number of thiazole rings is 1. The second kappa shape index (κ2) is 6.29. The van der Waals surface area contributed by atoms with Gasteiger partial charge in [0, 0.05) is 16.8 Å². The first kappa shape index (κ1) is 13.6. The summed E-state index contributed by atoms with van der Waals surface area (Å²) in [6.07, 6.45) is 3.07. The summed E-state index contributed by atoms with van der Waals surface area (Å²) in [4.78, 5) is 5.01. The van der Waals surface area contributed by atoms with Gasteiger partial charge in [0.1, 0.15) is 9.84 Å². The number of rotatable bonds is 7. The lowest BCUT2D eigenvalue weighted by Crippen LogP contribution is -2.27. The smallest absolute Gasteiger partial charge is 0.150 e. The van der Waals surface area contributed by atoms with Gasteiger partial charge in [-0.25, -0.2) is 8.42 Å². The van der Waals surface area contributed by atoms with E-state index in [9.17, 15) is 8.42 Å². The van der Waals surface area contributed by atoms with Crippen molar-refractivity contribution in [3.8, 4) is 0 Å². The van der Waals surface area contributed by atoms with Crippen molar-refractivity contribution >= 4 is 21.2 Å². The lowest BCUT2D eigenvalue weighted by molar-refractivity contribution is 0.513. The SMILES string of the molecule is CCS(=O)(=O)CCCC(NN)c1cncs1. The molecule has 0 saturated carbocycles. The molecule has 1 aromatic rings. The molecule has 0 bridgehead atoms. The van der Waals surface area contributed by atoms with Crippen LogP contribution in [0, 0.1) is 0 Å². The lowest BCUT2D eigenvalue weighted by atomic mass is 10.1. The molecular weight excluding hydrogens is 246 g/mol. The molecule has 0 spiro atoms. The number of hydrogen-bond acceptors (Lipinski definition) is 6. The zero-order chi connectivity index (χ0) is 12.0. The Morgan fingerprint density at radius 2 is 2.38 bits per heavy atom. The van der Waals surface area contributed by atoms with Crippen LogP contribution in [0.25, 0.3) is 0 Å². The third-order valence-corrected chi connectivity index (χ3v) is 5.06. The monoisotopic (exact) mass is 263 g/mol. The minimum Gasteiger partial charge on any atom is -0.271 e. The van der Waals surface area contributed by atoms with Crippen molar-refractivity contribution in [1.29, 1.82) is 0 Å². The Bertz CT molecular complexity index is 389. The van der Waals surface area contributed by atoms with Gasteiger partial charge in [0.05, 0.1) is 17.3 Å². The Morgan fingerprint density at radius 1 is 1.62 bits per heavy atom. The molecule has 5 nitrogen and oxygen atoms in total. The molecule has 0 amide bonds. The highest BCUT2D eigenvalue weighted by molar-refractivity contribution is 7.91. The van der Waals surface area contributed by atoms with Crippen LogP contribution in [0.3, 0.4) is 0 Å². The third-order valence-electron chi connectivity index (χ3n) is 2.38. The van der Waals surface area contributed by atoms with E-state index < -0.39 is 9.84 Å². The highest BCUT2D eigenvalue weighted by Crippen LogP contribution is 2.21. The molecule has 0 saturated heterocycles. The average Bonchev–Trinajstić information content (AvgIpc) is 2.78. The van der Waals surface area contributed by atoms with E-state index in [4.69, 9.17) is 5.84 Å². The van der Waals surface area contributed by atoms with Crippen LogP contribution < -0.4 is 11.3 Å². The van der Waals surface area contributed by atoms with E-state index in [0.717, 1.165) is 4.88 Å². The van der Waals surface area contributed by atoms with E-state index in [0.29, 0.717) is 12.8 Å². The molecule has 0 fully saturated rings. The number of sulfone groups is 1. The minimum absolute atomic E-state index is 0.000411. The minimum atomic E-state index is -2.87. The fourth-order valence-electron chi connectivity index (χ4n) is 1.36. The first-order valence-electron chi connectivity index (χ1n) is 5.14. The van der Waals surface area contributed by atoms with Gasteiger partial charge in [0.25, 0.3) is 0 Å². The first-order valence-corrected chi connectivity index (χ1v) is 7.84. The average molecular weight is 263 g/mol. The van der Waals surface area contributed by atoms with Gasteiger partial charge >= 0.3 is 0 Å². The van der Waals surface area contributed by atoms with Gasteiger partial charge in [0.2, 0.25) is 0 Å². The molecule has 0 radical (unpaired) electrons. The maximum Gasteiger partial charge on any atom is 0.150 e.